The lowest BCUT2D eigenvalue weighted by Crippen LogP contribution is -2.43. The molecule has 3 N–H and O–H groups in total. The summed E-state index contributed by atoms with van der Waals surface area (Å²) in [5.41, 5.74) is 2.54. The van der Waals surface area contributed by atoms with E-state index < -0.39 is 7.82 Å². The predicted molar refractivity (Wildman–Crippen MR) is 89.7 cm³/mol. The Morgan fingerprint density at radius 2 is 2.00 bits per heavy atom. The van der Waals surface area contributed by atoms with Gasteiger partial charge in [-0.3, -0.25) is 9.79 Å². The third kappa shape index (κ3) is 2.62. The number of aryl methyl sites for hydroxylation is 1. The minimum Gasteiger partial charge on any atom is -0.404 e. The number of rotatable bonds is 2. The summed E-state index contributed by atoms with van der Waals surface area (Å²) in [5, 5.41) is 10.4. The molecule has 2 saturated carbocycles. The second-order valence-electron chi connectivity index (χ2n) is 8.00. The van der Waals surface area contributed by atoms with Crippen LogP contribution in [0.25, 0.3) is 0 Å². The highest BCUT2D eigenvalue weighted by atomic mass is 31.2. The molecule has 24 heavy (non-hydrogen) atoms. The van der Waals surface area contributed by atoms with Crippen molar-refractivity contribution in [3.63, 3.8) is 0 Å². The maximum absolute atomic E-state index is 11.0. The van der Waals surface area contributed by atoms with E-state index in [-0.39, 0.29) is 17.3 Å². The molecule has 6 heteroatoms. The van der Waals surface area contributed by atoms with Crippen molar-refractivity contribution < 1.29 is 24.0 Å². The van der Waals surface area contributed by atoms with Crippen molar-refractivity contribution in [3.05, 3.63) is 29.3 Å². The van der Waals surface area contributed by atoms with Crippen molar-refractivity contribution in [2.24, 2.45) is 17.3 Å². The van der Waals surface area contributed by atoms with Gasteiger partial charge in [0.15, 0.2) is 0 Å². The zero-order valence-electron chi connectivity index (χ0n) is 13.9. The molecule has 0 unspecified atom stereocenters. The van der Waals surface area contributed by atoms with Crippen molar-refractivity contribution in [1.82, 2.24) is 0 Å². The Balaban J connectivity index is 1.62. The molecule has 132 valence electrons. The zero-order chi connectivity index (χ0) is 17.1. The molecule has 3 aliphatic carbocycles. The number of hydrogen-bond donors (Lipinski definition) is 3. The van der Waals surface area contributed by atoms with Crippen LogP contribution in [0.3, 0.4) is 0 Å². The van der Waals surface area contributed by atoms with E-state index in [1.54, 1.807) is 12.1 Å². The van der Waals surface area contributed by atoms with E-state index in [4.69, 9.17) is 14.3 Å². The minimum absolute atomic E-state index is 0.0716. The lowest BCUT2D eigenvalue weighted by atomic mass is 9.55. The van der Waals surface area contributed by atoms with Crippen molar-refractivity contribution in [3.8, 4) is 5.75 Å². The number of phosphoric ester groups is 1. The van der Waals surface area contributed by atoms with Gasteiger partial charge in [-0.1, -0.05) is 13.0 Å². The molecule has 0 radical (unpaired) electrons. The first kappa shape index (κ1) is 16.6. The molecular weight excluding hydrogens is 327 g/mol. The molecule has 2 fully saturated rings. The van der Waals surface area contributed by atoms with E-state index in [0.29, 0.717) is 17.8 Å². The van der Waals surface area contributed by atoms with Crippen molar-refractivity contribution in [2.45, 2.75) is 57.5 Å². The predicted octanol–water partition coefficient (Wildman–Crippen LogP) is 3.38. The number of benzene rings is 1. The summed E-state index contributed by atoms with van der Waals surface area (Å²) in [6, 6.07) is 5.46. The number of aliphatic hydroxyl groups is 1. The molecule has 0 aromatic heterocycles. The summed E-state index contributed by atoms with van der Waals surface area (Å²) in [4.78, 5) is 18.0. The van der Waals surface area contributed by atoms with Crippen LogP contribution in [0, 0.1) is 17.3 Å². The molecule has 0 amide bonds. The molecule has 0 saturated heterocycles. The molecular formula is C18H25O5P. The standard InChI is InChI=1S/C18H25O5P/c1-18-9-8-14-13-5-3-12(23-24(20,21)22)10-11(13)2-4-15(14)16(18)6-7-17(18)19/h3,5,10,14-17,19H,2,4,6-9H2,1H3,(H2,20,21,22)/t14-,15-,16+,17+,18+/m1/s1. The van der Waals surface area contributed by atoms with Crippen LogP contribution in [-0.2, 0) is 11.0 Å². The zero-order valence-corrected chi connectivity index (χ0v) is 14.8. The van der Waals surface area contributed by atoms with Crippen LogP contribution in [0.5, 0.6) is 5.75 Å². The largest absolute Gasteiger partial charge is 0.524 e. The summed E-state index contributed by atoms with van der Waals surface area (Å²) in [6.45, 7) is 2.26. The quantitative estimate of drug-likeness (QED) is 0.711. The average Bonchev–Trinajstić information content (AvgIpc) is 2.81. The van der Waals surface area contributed by atoms with Crippen LogP contribution < -0.4 is 4.52 Å². The smallest absolute Gasteiger partial charge is 0.404 e. The number of phosphoric acid groups is 1. The van der Waals surface area contributed by atoms with Crippen molar-refractivity contribution in [1.29, 1.82) is 0 Å². The van der Waals surface area contributed by atoms with Gasteiger partial charge in [-0.25, -0.2) is 4.57 Å². The van der Waals surface area contributed by atoms with Gasteiger partial charge in [-0.15, -0.1) is 0 Å². The number of fused-ring (bicyclic) bond motifs is 5. The Morgan fingerprint density at radius 3 is 2.75 bits per heavy atom. The van der Waals surface area contributed by atoms with E-state index in [1.807, 2.05) is 6.07 Å². The van der Waals surface area contributed by atoms with Gasteiger partial charge in [0.05, 0.1) is 6.10 Å². The van der Waals surface area contributed by atoms with E-state index in [2.05, 4.69) is 6.92 Å². The molecule has 5 nitrogen and oxygen atoms in total. The van der Waals surface area contributed by atoms with Gasteiger partial charge in [0, 0.05) is 0 Å². The fraction of sp³-hybridized carbons (Fsp3) is 0.667. The second-order valence-corrected chi connectivity index (χ2v) is 9.16. The Hall–Kier alpha value is -0.870. The molecule has 0 bridgehead atoms. The van der Waals surface area contributed by atoms with Crippen LogP contribution in [-0.4, -0.2) is 21.0 Å². The molecule has 3 aliphatic rings. The highest BCUT2D eigenvalue weighted by molar-refractivity contribution is 7.46. The van der Waals surface area contributed by atoms with Gasteiger partial charge < -0.3 is 9.63 Å². The molecule has 5 atom stereocenters. The summed E-state index contributed by atoms with van der Waals surface area (Å²) in [7, 11) is -4.51. The van der Waals surface area contributed by atoms with Gasteiger partial charge in [0.1, 0.15) is 5.75 Å². The van der Waals surface area contributed by atoms with E-state index in [0.717, 1.165) is 44.1 Å². The van der Waals surface area contributed by atoms with Crippen LogP contribution in [0.1, 0.15) is 56.1 Å². The third-order valence-corrected chi connectivity index (χ3v) is 7.32. The SMILES string of the molecule is C[C@]12CC[C@@H]3c4ccc(OP(=O)(O)O)cc4CC[C@H]3[C@@H]1CC[C@@H]2O. The number of hydrogen-bond acceptors (Lipinski definition) is 3. The van der Waals surface area contributed by atoms with E-state index >= 15 is 0 Å². The maximum atomic E-state index is 11.0. The van der Waals surface area contributed by atoms with Crippen molar-refractivity contribution >= 4 is 7.82 Å². The average molecular weight is 352 g/mol. The molecule has 1 aromatic carbocycles. The first-order valence-electron chi connectivity index (χ1n) is 8.84. The normalized spacial score (nSPS) is 38.2. The van der Waals surface area contributed by atoms with Crippen LogP contribution in [0.4, 0.5) is 0 Å². The van der Waals surface area contributed by atoms with Gasteiger partial charge in [-0.2, -0.15) is 0 Å². The lowest BCUT2D eigenvalue weighted by Gasteiger charge is -2.50. The summed E-state index contributed by atoms with van der Waals surface area (Å²) < 4.78 is 15.8. The summed E-state index contributed by atoms with van der Waals surface area (Å²) >= 11 is 0. The Labute approximate surface area is 142 Å². The fourth-order valence-corrected chi connectivity index (χ4v) is 6.11. The number of aliphatic hydroxyl groups excluding tert-OH is 1. The second kappa shape index (κ2) is 5.57. The molecule has 0 spiro atoms. The maximum Gasteiger partial charge on any atom is 0.524 e. The Morgan fingerprint density at radius 1 is 1.21 bits per heavy atom. The monoisotopic (exact) mass is 352 g/mol. The molecule has 0 heterocycles. The molecule has 1 aromatic rings. The van der Waals surface area contributed by atoms with Crippen molar-refractivity contribution in [2.75, 3.05) is 0 Å². The van der Waals surface area contributed by atoms with Gasteiger partial charge >= 0.3 is 7.82 Å². The summed E-state index contributed by atoms with van der Waals surface area (Å²) in [6.07, 6.45) is 6.02. The highest BCUT2D eigenvalue weighted by Crippen LogP contribution is 2.61. The topological polar surface area (TPSA) is 87.0 Å². The van der Waals surface area contributed by atoms with E-state index in [9.17, 15) is 9.67 Å². The lowest BCUT2D eigenvalue weighted by molar-refractivity contribution is -0.0226. The van der Waals surface area contributed by atoms with Crippen LogP contribution in [0.2, 0.25) is 0 Å². The van der Waals surface area contributed by atoms with E-state index in [1.165, 1.54) is 5.56 Å². The molecule has 0 aliphatic heterocycles. The van der Waals surface area contributed by atoms with Gasteiger partial charge in [0.25, 0.3) is 0 Å². The Bertz CT molecular complexity index is 699. The summed E-state index contributed by atoms with van der Waals surface area (Å²) in [5.74, 6) is 1.95. The Kier molecular flexibility index (Phi) is 3.85. The highest BCUT2D eigenvalue weighted by Gasteiger charge is 2.54. The van der Waals surface area contributed by atoms with Crippen LogP contribution in [0.15, 0.2) is 18.2 Å². The van der Waals surface area contributed by atoms with Gasteiger partial charge in [-0.05, 0) is 85.0 Å². The molecule has 4 rings (SSSR count). The van der Waals surface area contributed by atoms with Gasteiger partial charge in [0.2, 0.25) is 0 Å². The van der Waals surface area contributed by atoms with Crippen LogP contribution >= 0.6 is 7.82 Å². The first-order valence-corrected chi connectivity index (χ1v) is 10.4. The third-order valence-electron chi connectivity index (χ3n) is 6.87. The first-order chi connectivity index (χ1) is 11.3. The minimum atomic E-state index is -4.51. The fourth-order valence-electron chi connectivity index (χ4n) is 5.73.